The number of hydrogen-bond acceptors (Lipinski definition) is 2. The van der Waals surface area contributed by atoms with Crippen LogP contribution in [0.4, 0.5) is 5.69 Å². The molecule has 1 aromatic carbocycles. The molecular weight excluding hydrogens is 258 g/mol. The van der Waals surface area contributed by atoms with Gasteiger partial charge in [-0.25, -0.2) is 0 Å². The maximum absolute atomic E-state index is 11.5. The molecule has 0 saturated heterocycles. The van der Waals surface area contributed by atoms with Gasteiger partial charge >= 0.3 is 0 Å². The number of hydrogen-bond donors (Lipinski definition) is 0. The van der Waals surface area contributed by atoms with Crippen LogP contribution in [-0.2, 0) is 9.53 Å². The van der Waals surface area contributed by atoms with Gasteiger partial charge in [0.05, 0.1) is 12.3 Å². The van der Waals surface area contributed by atoms with Crippen LogP contribution in [-0.4, -0.2) is 26.2 Å². The molecule has 15 heavy (non-hydrogen) atoms. The molecule has 0 radical (unpaired) electrons. The highest BCUT2D eigenvalue weighted by Gasteiger charge is 2.13. The summed E-state index contributed by atoms with van der Waals surface area (Å²) in [6, 6.07) is 7.64. The largest absolute Gasteiger partial charge is 0.383 e. The minimum atomic E-state index is 0.0129. The summed E-state index contributed by atoms with van der Waals surface area (Å²) in [6.07, 6.45) is 0. The number of carbonyl (C=O) groups excluding carboxylic acids is 1. The maximum Gasteiger partial charge on any atom is 0.223 e. The Bertz CT molecular complexity index is 341. The summed E-state index contributed by atoms with van der Waals surface area (Å²) in [5.41, 5.74) is 0.877. The van der Waals surface area contributed by atoms with Gasteiger partial charge in [-0.2, -0.15) is 0 Å². The summed E-state index contributed by atoms with van der Waals surface area (Å²) in [5.74, 6) is 0.0129. The fourth-order valence-electron chi connectivity index (χ4n) is 1.30. The van der Waals surface area contributed by atoms with E-state index in [-0.39, 0.29) is 5.91 Å². The SMILES string of the molecule is COCCN(C(C)=O)c1ccccc1Br. The van der Waals surface area contributed by atoms with Crippen molar-refractivity contribution in [3.8, 4) is 0 Å². The molecule has 0 aliphatic rings. The van der Waals surface area contributed by atoms with Crippen molar-refractivity contribution in [1.29, 1.82) is 0 Å². The Balaban J connectivity index is 2.89. The van der Waals surface area contributed by atoms with Crippen LogP contribution in [0.25, 0.3) is 0 Å². The Morgan fingerprint density at radius 2 is 2.13 bits per heavy atom. The van der Waals surface area contributed by atoms with Crippen molar-refractivity contribution in [2.24, 2.45) is 0 Å². The molecule has 82 valence electrons. The minimum absolute atomic E-state index is 0.0129. The van der Waals surface area contributed by atoms with Crippen LogP contribution in [0.15, 0.2) is 28.7 Å². The fraction of sp³-hybridized carbons (Fsp3) is 0.364. The molecular formula is C11H14BrNO2. The number of halogens is 1. The Morgan fingerprint density at radius 3 is 2.67 bits per heavy atom. The molecule has 0 aromatic heterocycles. The molecule has 3 nitrogen and oxygen atoms in total. The lowest BCUT2D eigenvalue weighted by molar-refractivity contribution is -0.116. The Morgan fingerprint density at radius 1 is 1.47 bits per heavy atom. The summed E-state index contributed by atoms with van der Waals surface area (Å²) in [7, 11) is 1.62. The first-order chi connectivity index (χ1) is 7.16. The molecule has 0 spiro atoms. The van der Waals surface area contributed by atoms with Crippen molar-refractivity contribution in [2.75, 3.05) is 25.2 Å². The van der Waals surface area contributed by atoms with Crippen molar-refractivity contribution in [3.63, 3.8) is 0 Å². The number of methoxy groups -OCH3 is 1. The number of ether oxygens (including phenoxy) is 1. The van der Waals surface area contributed by atoms with Gasteiger partial charge in [0.25, 0.3) is 0 Å². The normalized spacial score (nSPS) is 10.1. The summed E-state index contributed by atoms with van der Waals surface area (Å²) in [6.45, 7) is 2.64. The molecule has 0 fully saturated rings. The smallest absolute Gasteiger partial charge is 0.223 e. The number of benzene rings is 1. The molecule has 0 aliphatic heterocycles. The van der Waals surface area contributed by atoms with Crippen LogP contribution in [0, 0.1) is 0 Å². The van der Waals surface area contributed by atoms with Crippen LogP contribution >= 0.6 is 15.9 Å². The highest BCUT2D eigenvalue weighted by Crippen LogP contribution is 2.25. The van der Waals surface area contributed by atoms with Gasteiger partial charge < -0.3 is 9.64 Å². The van der Waals surface area contributed by atoms with Gasteiger partial charge in [0.15, 0.2) is 0 Å². The summed E-state index contributed by atoms with van der Waals surface area (Å²) in [5, 5.41) is 0. The quantitative estimate of drug-likeness (QED) is 0.842. The number of amides is 1. The third kappa shape index (κ3) is 3.32. The molecule has 0 bridgehead atoms. The van der Waals surface area contributed by atoms with Gasteiger partial charge in [-0.05, 0) is 28.1 Å². The first kappa shape index (κ1) is 12.2. The number of nitrogens with zero attached hydrogens (tertiary/aromatic N) is 1. The number of anilines is 1. The highest BCUT2D eigenvalue weighted by molar-refractivity contribution is 9.10. The van der Waals surface area contributed by atoms with Gasteiger partial charge in [-0.3, -0.25) is 4.79 Å². The summed E-state index contributed by atoms with van der Waals surface area (Å²) >= 11 is 3.42. The van der Waals surface area contributed by atoms with E-state index in [0.29, 0.717) is 13.2 Å². The zero-order chi connectivity index (χ0) is 11.3. The molecule has 0 atom stereocenters. The van der Waals surface area contributed by atoms with E-state index in [1.807, 2.05) is 24.3 Å². The van der Waals surface area contributed by atoms with Crippen LogP contribution in [0.3, 0.4) is 0 Å². The Labute approximate surface area is 98.2 Å². The molecule has 1 aromatic rings. The predicted molar refractivity (Wildman–Crippen MR) is 64.0 cm³/mol. The third-order valence-corrected chi connectivity index (χ3v) is 2.71. The highest BCUT2D eigenvalue weighted by atomic mass is 79.9. The molecule has 0 heterocycles. The molecule has 0 saturated carbocycles. The van der Waals surface area contributed by atoms with Gasteiger partial charge in [0.2, 0.25) is 5.91 Å². The fourth-order valence-corrected chi connectivity index (χ4v) is 1.80. The average Bonchev–Trinajstić information content (AvgIpc) is 2.20. The van der Waals surface area contributed by atoms with Crippen molar-refractivity contribution in [3.05, 3.63) is 28.7 Å². The van der Waals surface area contributed by atoms with Gasteiger partial charge in [0, 0.05) is 25.1 Å². The van der Waals surface area contributed by atoms with E-state index in [4.69, 9.17) is 4.74 Å². The van der Waals surface area contributed by atoms with Crippen LogP contribution in [0.5, 0.6) is 0 Å². The lowest BCUT2D eigenvalue weighted by Crippen LogP contribution is -2.32. The van der Waals surface area contributed by atoms with E-state index in [9.17, 15) is 4.79 Å². The second-order valence-corrected chi connectivity index (χ2v) is 3.97. The van der Waals surface area contributed by atoms with Crippen molar-refractivity contribution in [2.45, 2.75) is 6.92 Å². The standard InChI is InChI=1S/C11H14BrNO2/c1-9(14)13(7-8-15-2)11-6-4-3-5-10(11)12/h3-6H,7-8H2,1-2H3. The second kappa shape index (κ2) is 5.88. The summed E-state index contributed by atoms with van der Waals surface area (Å²) < 4.78 is 5.89. The Hall–Kier alpha value is -0.870. The molecule has 1 rings (SSSR count). The van der Waals surface area contributed by atoms with Crippen molar-refractivity contribution < 1.29 is 9.53 Å². The van der Waals surface area contributed by atoms with Gasteiger partial charge in [0.1, 0.15) is 0 Å². The number of para-hydroxylation sites is 1. The first-order valence-corrected chi connectivity index (χ1v) is 5.47. The molecule has 0 N–H and O–H groups in total. The topological polar surface area (TPSA) is 29.5 Å². The average molecular weight is 272 g/mol. The van der Waals surface area contributed by atoms with Gasteiger partial charge in [-0.1, -0.05) is 12.1 Å². The van der Waals surface area contributed by atoms with E-state index in [1.54, 1.807) is 18.9 Å². The molecule has 0 aliphatic carbocycles. The number of carbonyl (C=O) groups is 1. The lowest BCUT2D eigenvalue weighted by Gasteiger charge is -2.21. The lowest BCUT2D eigenvalue weighted by atomic mass is 10.3. The predicted octanol–water partition coefficient (Wildman–Crippen LogP) is 2.45. The zero-order valence-electron chi connectivity index (χ0n) is 8.87. The van der Waals surface area contributed by atoms with Gasteiger partial charge in [-0.15, -0.1) is 0 Å². The van der Waals surface area contributed by atoms with Crippen LogP contribution < -0.4 is 4.90 Å². The van der Waals surface area contributed by atoms with E-state index < -0.39 is 0 Å². The number of rotatable bonds is 4. The van der Waals surface area contributed by atoms with E-state index >= 15 is 0 Å². The molecule has 0 unspecified atom stereocenters. The Kier molecular flexibility index (Phi) is 4.78. The maximum atomic E-state index is 11.5. The van der Waals surface area contributed by atoms with Crippen molar-refractivity contribution in [1.82, 2.24) is 0 Å². The zero-order valence-corrected chi connectivity index (χ0v) is 10.5. The van der Waals surface area contributed by atoms with E-state index in [1.165, 1.54) is 0 Å². The summed E-state index contributed by atoms with van der Waals surface area (Å²) in [4.78, 5) is 13.1. The third-order valence-electron chi connectivity index (χ3n) is 2.04. The van der Waals surface area contributed by atoms with E-state index in [0.717, 1.165) is 10.2 Å². The van der Waals surface area contributed by atoms with E-state index in [2.05, 4.69) is 15.9 Å². The van der Waals surface area contributed by atoms with Crippen molar-refractivity contribution >= 4 is 27.5 Å². The molecule has 4 heteroatoms. The molecule has 1 amide bonds. The minimum Gasteiger partial charge on any atom is -0.383 e. The second-order valence-electron chi connectivity index (χ2n) is 3.11. The van der Waals surface area contributed by atoms with Crippen LogP contribution in [0.1, 0.15) is 6.92 Å². The first-order valence-electron chi connectivity index (χ1n) is 4.68. The monoisotopic (exact) mass is 271 g/mol. The van der Waals surface area contributed by atoms with Crippen LogP contribution in [0.2, 0.25) is 0 Å².